The highest BCUT2D eigenvalue weighted by Crippen LogP contribution is 2.62. The summed E-state index contributed by atoms with van der Waals surface area (Å²) in [6, 6.07) is 7.06. The average molecular weight is 451 g/mol. The van der Waals surface area contributed by atoms with Crippen molar-refractivity contribution in [3.63, 3.8) is 0 Å². The zero-order valence-corrected chi connectivity index (χ0v) is 18.3. The molecule has 1 saturated carbocycles. The van der Waals surface area contributed by atoms with Crippen molar-refractivity contribution in [2.45, 2.75) is 32.2 Å². The minimum absolute atomic E-state index is 0.0107. The highest BCUT2D eigenvalue weighted by Gasteiger charge is 2.66. The number of aryl methyl sites for hydroxylation is 2. The first-order chi connectivity index (χ1) is 15.4. The Hall–Kier alpha value is -3.26. The average Bonchev–Trinajstić information content (AvgIpc) is 3.22. The molecule has 4 aromatic rings. The van der Waals surface area contributed by atoms with Crippen LogP contribution in [0.25, 0.3) is 16.7 Å². The molecule has 162 valence electrons. The first kappa shape index (κ1) is 19.4. The number of hydrogen-bond donors (Lipinski definition) is 1. The Bertz CT molecular complexity index is 1400. The van der Waals surface area contributed by atoms with E-state index in [4.69, 9.17) is 16.6 Å². The van der Waals surface area contributed by atoms with Crippen LogP contribution in [-0.4, -0.2) is 42.3 Å². The lowest BCUT2D eigenvalue weighted by molar-refractivity contribution is 0.0675. The molecular formula is C23H20ClFN6O. The van der Waals surface area contributed by atoms with E-state index >= 15 is 4.39 Å². The summed E-state index contributed by atoms with van der Waals surface area (Å²) >= 11 is 6.29. The molecule has 2 atom stereocenters. The summed E-state index contributed by atoms with van der Waals surface area (Å²) in [6.07, 6.45) is 4.66. The first-order valence-electron chi connectivity index (χ1n) is 10.5. The molecule has 0 unspecified atom stereocenters. The maximum atomic E-state index is 15.3. The van der Waals surface area contributed by atoms with E-state index in [1.54, 1.807) is 24.0 Å². The number of amides is 1. The van der Waals surface area contributed by atoms with Gasteiger partial charge in [-0.3, -0.25) is 4.79 Å². The largest absolute Gasteiger partial charge is 0.340 e. The molecule has 32 heavy (non-hydrogen) atoms. The third-order valence-electron chi connectivity index (χ3n) is 6.91. The fourth-order valence-corrected chi connectivity index (χ4v) is 5.23. The van der Waals surface area contributed by atoms with E-state index in [9.17, 15) is 4.79 Å². The summed E-state index contributed by atoms with van der Waals surface area (Å²) in [7, 11) is 0. The van der Waals surface area contributed by atoms with Gasteiger partial charge in [0.1, 0.15) is 28.4 Å². The molecule has 9 heteroatoms. The molecule has 1 amide bonds. The number of rotatable bonds is 3. The number of hydrogen-bond acceptors (Lipinski definition) is 4. The van der Waals surface area contributed by atoms with Crippen LogP contribution in [0.3, 0.4) is 0 Å². The Morgan fingerprint density at radius 2 is 2.00 bits per heavy atom. The van der Waals surface area contributed by atoms with Gasteiger partial charge in [0.05, 0.1) is 23.4 Å². The summed E-state index contributed by atoms with van der Waals surface area (Å²) in [6.45, 7) is 4.12. The SMILES string of the molecule is Cc1ccc(-n2nccn2)c(C(=O)N2CC[C@@H]3C[C@@]32c2nc3c(C)c(Cl)ccc3[nH]2)c1F. The monoisotopic (exact) mass is 450 g/mol. The molecule has 0 bridgehead atoms. The van der Waals surface area contributed by atoms with Gasteiger partial charge in [-0.1, -0.05) is 17.7 Å². The Morgan fingerprint density at radius 3 is 2.75 bits per heavy atom. The number of halogens is 2. The minimum atomic E-state index is -0.556. The number of carbonyl (C=O) groups is 1. The van der Waals surface area contributed by atoms with Gasteiger partial charge in [0, 0.05) is 11.6 Å². The van der Waals surface area contributed by atoms with E-state index in [1.807, 2.05) is 19.1 Å². The van der Waals surface area contributed by atoms with Gasteiger partial charge in [0.2, 0.25) is 0 Å². The lowest BCUT2D eigenvalue weighted by Gasteiger charge is -2.28. The molecule has 3 heterocycles. The molecular weight excluding hydrogens is 431 g/mol. The summed E-state index contributed by atoms with van der Waals surface area (Å²) in [4.78, 5) is 25.2. The zero-order chi connectivity index (χ0) is 22.2. The number of H-pyrrole nitrogens is 1. The van der Waals surface area contributed by atoms with Gasteiger partial charge in [0.15, 0.2) is 0 Å². The van der Waals surface area contributed by atoms with Crippen molar-refractivity contribution in [2.75, 3.05) is 6.54 Å². The molecule has 7 nitrogen and oxygen atoms in total. The molecule has 2 fully saturated rings. The smallest absolute Gasteiger partial charge is 0.259 e. The van der Waals surface area contributed by atoms with Crippen LogP contribution in [0.4, 0.5) is 4.39 Å². The van der Waals surface area contributed by atoms with Crippen LogP contribution >= 0.6 is 11.6 Å². The topological polar surface area (TPSA) is 79.7 Å². The van der Waals surface area contributed by atoms with Crippen LogP contribution < -0.4 is 0 Å². The highest BCUT2D eigenvalue weighted by molar-refractivity contribution is 6.32. The number of fused-ring (bicyclic) bond motifs is 2. The normalized spacial score (nSPS) is 21.9. The highest BCUT2D eigenvalue weighted by atomic mass is 35.5. The predicted octanol–water partition coefficient (Wildman–Crippen LogP) is 4.31. The van der Waals surface area contributed by atoms with Gasteiger partial charge < -0.3 is 9.88 Å². The quantitative estimate of drug-likeness (QED) is 0.504. The number of benzene rings is 2. The molecule has 0 spiro atoms. The van der Waals surface area contributed by atoms with Crippen molar-refractivity contribution in [3.05, 3.63) is 70.0 Å². The second kappa shape index (κ2) is 6.62. The summed E-state index contributed by atoms with van der Waals surface area (Å²) in [5, 5.41) is 8.88. The number of piperidine rings is 1. The lowest BCUT2D eigenvalue weighted by atomic mass is 10.1. The molecule has 2 aromatic carbocycles. The van der Waals surface area contributed by atoms with Gasteiger partial charge in [-0.05, 0) is 61.9 Å². The van der Waals surface area contributed by atoms with Gasteiger partial charge in [-0.25, -0.2) is 9.37 Å². The number of likely N-dealkylation sites (tertiary alicyclic amines) is 1. The van der Waals surface area contributed by atoms with Gasteiger partial charge in [-0.15, -0.1) is 0 Å². The van der Waals surface area contributed by atoms with E-state index < -0.39 is 11.4 Å². The van der Waals surface area contributed by atoms with Gasteiger partial charge in [0.25, 0.3) is 5.91 Å². The van der Waals surface area contributed by atoms with E-state index in [0.29, 0.717) is 28.7 Å². The minimum Gasteiger partial charge on any atom is -0.340 e. The second-order valence-corrected chi connectivity index (χ2v) is 9.04. The summed E-state index contributed by atoms with van der Waals surface area (Å²) in [5.74, 6) is 0.118. The van der Waals surface area contributed by atoms with Crippen molar-refractivity contribution in [3.8, 4) is 5.69 Å². The number of imidazole rings is 1. The van der Waals surface area contributed by atoms with Crippen LogP contribution in [0.2, 0.25) is 5.02 Å². The van der Waals surface area contributed by atoms with E-state index in [0.717, 1.165) is 35.3 Å². The fraction of sp³-hybridized carbons (Fsp3) is 0.304. The van der Waals surface area contributed by atoms with E-state index in [1.165, 1.54) is 17.2 Å². The molecule has 6 rings (SSSR count). The third kappa shape index (κ3) is 2.53. The Labute approximate surface area is 188 Å². The van der Waals surface area contributed by atoms with Crippen LogP contribution in [0.15, 0.2) is 36.7 Å². The molecule has 0 radical (unpaired) electrons. The number of nitrogens with one attached hydrogen (secondary N) is 1. The van der Waals surface area contributed by atoms with Crippen molar-refractivity contribution in [2.24, 2.45) is 5.92 Å². The van der Waals surface area contributed by atoms with Crippen molar-refractivity contribution < 1.29 is 9.18 Å². The number of aromatic amines is 1. The second-order valence-electron chi connectivity index (χ2n) is 8.63. The maximum absolute atomic E-state index is 15.3. The third-order valence-corrected chi connectivity index (χ3v) is 7.32. The Balaban J connectivity index is 1.47. The molecule has 1 N–H and O–H groups in total. The van der Waals surface area contributed by atoms with E-state index in [-0.39, 0.29) is 11.5 Å². The zero-order valence-electron chi connectivity index (χ0n) is 17.6. The number of aromatic nitrogens is 5. The fourth-order valence-electron chi connectivity index (χ4n) is 5.08. The number of carbonyl (C=O) groups excluding carboxylic acids is 1. The summed E-state index contributed by atoms with van der Waals surface area (Å²) in [5.41, 5.74) is 2.74. The Morgan fingerprint density at radius 1 is 1.22 bits per heavy atom. The first-order valence-corrected chi connectivity index (χ1v) is 10.9. The molecule has 2 aliphatic rings. The molecule has 1 saturated heterocycles. The van der Waals surface area contributed by atoms with Crippen molar-refractivity contribution in [1.29, 1.82) is 0 Å². The lowest BCUT2D eigenvalue weighted by Crippen LogP contribution is -2.40. The van der Waals surface area contributed by atoms with Crippen molar-refractivity contribution >= 4 is 28.5 Å². The van der Waals surface area contributed by atoms with Crippen LogP contribution in [0, 0.1) is 25.6 Å². The molecule has 1 aliphatic carbocycles. The predicted molar refractivity (Wildman–Crippen MR) is 117 cm³/mol. The molecule has 1 aliphatic heterocycles. The number of nitrogens with zero attached hydrogens (tertiary/aromatic N) is 5. The maximum Gasteiger partial charge on any atom is 0.259 e. The van der Waals surface area contributed by atoms with Crippen LogP contribution in [0.1, 0.15) is 40.2 Å². The van der Waals surface area contributed by atoms with Gasteiger partial charge >= 0.3 is 0 Å². The summed E-state index contributed by atoms with van der Waals surface area (Å²) < 4.78 is 15.3. The van der Waals surface area contributed by atoms with Crippen LogP contribution in [0.5, 0.6) is 0 Å². The van der Waals surface area contributed by atoms with E-state index in [2.05, 4.69) is 15.2 Å². The standard InChI is InChI=1S/C23H20ClFN6O/c1-12-3-6-17(31-26-8-9-27-31)18(19(12)25)21(32)30-10-7-14-11-23(14,30)22-28-16-5-4-15(24)13(2)20(16)29-22/h3-6,8-9,14H,7,10-11H2,1-2H3,(H,28,29)/t14-,23+/m1/s1. The molecule has 2 aromatic heterocycles. The van der Waals surface area contributed by atoms with Crippen LogP contribution in [-0.2, 0) is 5.54 Å². The van der Waals surface area contributed by atoms with Crippen molar-refractivity contribution in [1.82, 2.24) is 29.9 Å². The van der Waals surface area contributed by atoms with Gasteiger partial charge in [-0.2, -0.15) is 15.0 Å². The Kier molecular flexibility index (Phi) is 4.02.